The number of ether oxygens (including phenoxy) is 2. The molecule has 4 nitrogen and oxygen atoms in total. The first-order valence-corrected chi connectivity index (χ1v) is 5.80. The van der Waals surface area contributed by atoms with E-state index in [1.165, 1.54) is 0 Å². The number of aliphatic hydroxyl groups is 1. The van der Waals surface area contributed by atoms with Crippen molar-refractivity contribution in [3.8, 4) is 0 Å². The van der Waals surface area contributed by atoms with Crippen LogP contribution >= 0.6 is 0 Å². The molecule has 0 aliphatic rings. The van der Waals surface area contributed by atoms with Crippen LogP contribution in [-0.2, 0) is 14.3 Å². The van der Waals surface area contributed by atoms with Gasteiger partial charge >= 0.3 is 0 Å². The van der Waals surface area contributed by atoms with Gasteiger partial charge in [-0.1, -0.05) is 6.92 Å². The molecule has 0 rings (SSSR count). The lowest BCUT2D eigenvalue weighted by Crippen LogP contribution is -2.26. The lowest BCUT2D eigenvalue weighted by molar-refractivity contribution is -0.122. The summed E-state index contributed by atoms with van der Waals surface area (Å²) in [5.74, 6) is 0.0721. The quantitative estimate of drug-likeness (QED) is 0.653. The Morgan fingerprint density at radius 1 is 1.38 bits per heavy atom. The monoisotopic (exact) mass is 232 g/mol. The molecule has 0 aromatic carbocycles. The number of ketones is 1. The largest absolute Gasteiger partial charge is 0.391 e. The summed E-state index contributed by atoms with van der Waals surface area (Å²) >= 11 is 0. The van der Waals surface area contributed by atoms with Crippen molar-refractivity contribution in [1.29, 1.82) is 0 Å². The van der Waals surface area contributed by atoms with E-state index in [2.05, 4.69) is 0 Å². The van der Waals surface area contributed by atoms with Gasteiger partial charge in [-0.3, -0.25) is 4.79 Å². The molecular formula is C12H24O4. The van der Waals surface area contributed by atoms with Gasteiger partial charge in [0, 0.05) is 13.0 Å². The van der Waals surface area contributed by atoms with Crippen LogP contribution in [0.5, 0.6) is 0 Å². The van der Waals surface area contributed by atoms with Crippen LogP contribution in [-0.4, -0.2) is 43.4 Å². The van der Waals surface area contributed by atoms with Crippen LogP contribution in [0, 0.1) is 5.92 Å². The molecule has 0 aromatic heterocycles. The lowest BCUT2D eigenvalue weighted by Gasteiger charge is -2.19. The lowest BCUT2D eigenvalue weighted by atomic mass is 9.95. The van der Waals surface area contributed by atoms with E-state index >= 15 is 0 Å². The molecule has 0 aromatic rings. The number of carbonyl (C=O) groups is 1. The van der Waals surface area contributed by atoms with Crippen molar-refractivity contribution in [3.05, 3.63) is 0 Å². The molecule has 0 saturated heterocycles. The molecule has 3 unspecified atom stereocenters. The Hall–Kier alpha value is -0.450. The Labute approximate surface area is 97.9 Å². The van der Waals surface area contributed by atoms with Crippen molar-refractivity contribution in [2.24, 2.45) is 5.92 Å². The summed E-state index contributed by atoms with van der Waals surface area (Å²) in [6, 6.07) is 0. The first-order valence-electron chi connectivity index (χ1n) is 5.80. The predicted octanol–water partition coefficient (Wildman–Crippen LogP) is 1.40. The minimum atomic E-state index is -0.576. The van der Waals surface area contributed by atoms with E-state index in [1.54, 1.807) is 14.0 Å². The molecule has 0 bridgehead atoms. The summed E-state index contributed by atoms with van der Waals surface area (Å²) in [6.45, 7) is 6.17. The van der Waals surface area contributed by atoms with Gasteiger partial charge in [0.25, 0.3) is 0 Å². The summed E-state index contributed by atoms with van der Waals surface area (Å²) in [5, 5.41) is 9.70. The summed E-state index contributed by atoms with van der Waals surface area (Å²) in [7, 11) is 1.61. The summed E-state index contributed by atoms with van der Waals surface area (Å²) in [5.41, 5.74) is 0. The van der Waals surface area contributed by atoms with Gasteiger partial charge in [-0.15, -0.1) is 0 Å². The van der Waals surface area contributed by atoms with E-state index in [-0.39, 0.29) is 24.4 Å². The fraction of sp³-hybridized carbons (Fsp3) is 0.917. The molecule has 0 fully saturated rings. The van der Waals surface area contributed by atoms with Gasteiger partial charge in [0.2, 0.25) is 0 Å². The highest BCUT2D eigenvalue weighted by atomic mass is 16.5. The maximum Gasteiger partial charge on any atom is 0.132 e. The maximum atomic E-state index is 11.2. The minimum Gasteiger partial charge on any atom is -0.391 e. The third-order valence-corrected chi connectivity index (χ3v) is 2.60. The van der Waals surface area contributed by atoms with Crippen molar-refractivity contribution in [1.82, 2.24) is 0 Å². The molecule has 0 spiro atoms. The number of rotatable bonds is 9. The van der Waals surface area contributed by atoms with E-state index in [0.29, 0.717) is 13.0 Å². The van der Waals surface area contributed by atoms with Gasteiger partial charge in [0.1, 0.15) is 5.78 Å². The highest BCUT2D eigenvalue weighted by molar-refractivity contribution is 5.78. The Morgan fingerprint density at radius 3 is 2.44 bits per heavy atom. The highest BCUT2D eigenvalue weighted by Crippen LogP contribution is 2.13. The summed E-state index contributed by atoms with van der Waals surface area (Å²) in [4.78, 5) is 11.2. The Morgan fingerprint density at radius 2 is 2.00 bits per heavy atom. The second-order valence-electron chi connectivity index (χ2n) is 4.20. The standard InChI is InChI=1S/C12H24O4/c1-5-11(10(3)13)6-12(14)8-16-9(2)7-15-4/h9,11-12,14H,5-8H2,1-4H3. The van der Waals surface area contributed by atoms with Gasteiger partial charge in [-0.2, -0.15) is 0 Å². The van der Waals surface area contributed by atoms with Crippen molar-refractivity contribution in [2.75, 3.05) is 20.3 Å². The normalized spacial score (nSPS) is 16.8. The highest BCUT2D eigenvalue weighted by Gasteiger charge is 2.17. The van der Waals surface area contributed by atoms with Crippen LogP contribution in [0.2, 0.25) is 0 Å². The van der Waals surface area contributed by atoms with E-state index in [4.69, 9.17) is 9.47 Å². The summed E-state index contributed by atoms with van der Waals surface area (Å²) < 4.78 is 10.3. The van der Waals surface area contributed by atoms with E-state index in [0.717, 1.165) is 6.42 Å². The molecule has 0 radical (unpaired) electrons. The molecule has 3 atom stereocenters. The number of hydrogen-bond donors (Lipinski definition) is 1. The summed E-state index contributed by atoms with van der Waals surface area (Å²) in [6.07, 6.45) is 0.635. The van der Waals surface area contributed by atoms with Gasteiger partial charge in [-0.25, -0.2) is 0 Å². The van der Waals surface area contributed by atoms with E-state index in [1.807, 2.05) is 13.8 Å². The van der Waals surface area contributed by atoms with Crippen molar-refractivity contribution >= 4 is 5.78 Å². The third-order valence-electron chi connectivity index (χ3n) is 2.60. The number of Topliss-reactive ketones (excluding diaryl/α,β-unsaturated/α-hetero) is 1. The van der Waals surface area contributed by atoms with Gasteiger partial charge in [0.05, 0.1) is 25.4 Å². The first-order chi connectivity index (χ1) is 7.51. The predicted molar refractivity (Wildman–Crippen MR) is 62.4 cm³/mol. The van der Waals surface area contributed by atoms with Crippen LogP contribution in [0.1, 0.15) is 33.6 Å². The molecule has 0 aliphatic carbocycles. The number of carbonyl (C=O) groups excluding carboxylic acids is 1. The van der Waals surface area contributed by atoms with Gasteiger partial charge in [-0.05, 0) is 26.7 Å². The Kier molecular flexibility index (Phi) is 8.43. The SMILES string of the molecule is CCC(CC(O)COC(C)COC)C(C)=O. The Bertz CT molecular complexity index is 193. The first kappa shape index (κ1) is 15.6. The number of aliphatic hydroxyl groups excluding tert-OH is 1. The maximum absolute atomic E-state index is 11.2. The zero-order valence-electron chi connectivity index (χ0n) is 10.7. The molecule has 16 heavy (non-hydrogen) atoms. The fourth-order valence-electron chi connectivity index (χ4n) is 1.57. The molecule has 0 aliphatic heterocycles. The average molecular weight is 232 g/mol. The van der Waals surface area contributed by atoms with Crippen molar-refractivity contribution in [2.45, 2.75) is 45.8 Å². The number of methoxy groups -OCH3 is 1. The second-order valence-corrected chi connectivity index (χ2v) is 4.20. The molecular weight excluding hydrogens is 208 g/mol. The second kappa shape index (κ2) is 8.67. The molecule has 0 saturated carbocycles. The van der Waals surface area contributed by atoms with Crippen LogP contribution in [0.3, 0.4) is 0 Å². The Balaban J connectivity index is 3.80. The zero-order valence-corrected chi connectivity index (χ0v) is 10.7. The van der Waals surface area contributed by atoms with Gasteiger partial charge < -0.3 is 14.6 Å². The van der Waals surface area contributed by atoms with Crippen LogP contribution in [0.4, 0.5) is 0 Å². The topological polar surface area (TPSA) is 55.8 Å². The van der Waals surface area contributed by atoms with Gasteiger partial charge in [0.15, 0.2) is 0 Å². The molecule has 0 amide bonds. The molecule has 1 N–H and O–H groups in total. The average Bonchev–Trinajstić information content (AvgIpc) is 2.23. The smallest absolute Gasteiger partial charge is 0.132 e. The van der Waals surface area contributed by atoms with E-state index in [9.17, 15) is 9.90 Å². The molecule has 96 valence electrons. The molecule has 4 heteroatoms. The van der Waals surface area contributed by atoms with Crippen molar-refractivity contribution < 1.29 is 19.4 Å². The van der Waals surface area contributed by atoms with Crippen LogP contribution in [0.25, 0.3) is 0 Å². The van der Waals surface area contributed by atoms with Crippen LogP contribution in [0.15, 0.2) is 0 Å². The number of hydrogen-bond acceptors (Lipinski definition) is 4. The minimum absolute atomic E-state index is 0.0305. The molecule has 0 heterocycles. The zero-order chi connectivity index (χ0) is 12.6. The third kappa shape index (κ3) is 6.93. The fourth-order valence-corrected chi connectivity index (χ4v) is 1.57. The van der Waals surface area contributed by atoms with Crippen molar-refractivity contribution in [3.63, 3.8) is 0 Å². The van der Waals surface area contributed by atoms with E-state index < -0.39 is 6.10 Å². The van der Waals surface area contributed by atoms with Crippen LogP contribution < -0.4 is 0 Å².